The van der Waals surface area contributed by atoms with E-state index in [9.17, 15) is 9.18 Å². The monoisotopic (exact) mass is 251 g/mol. The molecule has 18 heavy (non-hydrogen) atoms. The number of piperidine rings is 1. The van der Waals surface area contributed by atoms with Gasteiger partial charge in [0.2, 0.25) is 5.95 Å². The normalized spacial score (nSPS) is 24.8. The summed E-state index contributed by atoms with van der Waals surface area (Å²) < 4.78 is 13.4. The summed E-state index contributed by atoms with van der Waals surface area (Å²) in [4.78, 5) is 17.7. The number of pyridine rings is 1. The molecule has 5 heteroatoms. The van der Waals surface area contributed by atoms with Crippen LogP contribution < -0.4 is 5.32 Å². The zero-order chi connectivity index (χ0) is 13.1. The van der Waals surface area contributed by atoms with Crippen molar-refractivity contribution in [2.24, 2.45) is 5.92 Å². The molecule has 98 valence electrons. The van der Waals surface area contributed by atoms with Gasteiger partial charge < -0.3 is 10.2 Å². The standard InChI is InChI=1S/C13H18FN3O/c1-9-8-17(2)7-5-11(9)16-13(18)10-4-3-6-15-12(10)14/h3-4,6,9,11H,5,7-8H2,1-2H3,(H,16,18). The van der Waals surface area contributed by atoms with Gasteiger partial charge in [-0.25, -0.2) is 4.98 Å². The van der Waals surface area contributed by atoms with Crippen molar-refractivity contribution in [1.82, 2.24) is 15.2 Å². The van der Waals surface area contributed by atoms with Gasteiger partial charge in [0, 0.05) is 18.8 Å². The Balaban J connectivity index is 2.02. The molecule has 1 aromatic rings. The van der Waals surface area contributed by atoms with Crippen molar-refractivity contribution in [3.63, 3.8) is 0 Å². The minimum atomic E-state index is -0.712. The van der Waals surface area contributed by atoms with Crippen molar-refractivity contribution in [2.75, 3.05) is 20.1 Å². The van der Waals surface area contributed by atoms with Crippen LogP contribution in [0.1, 0.15) is 23.7 Å². The Bertz CT molecular complexity index is 438. The maximum Gasteiger partial charge on any atom is 0.256 e. The third kappa shape index (κ3) is 2.85. The fourth-order valence-corrected chi connectivity index (χ4v) is 2.37. The zero-order valence-electron chi connectivity index (χ0n) is 10.7. The predicted molar refractivity (Wildman–Crippen MR) is 66.7 cm³/mol. The topological polar surface area (TPSA) is 45.2 Å². The van der Waals surface area contributed by atoms with E-state index in [0.717, 1.165) is 19.5 Å². The van der Waals surface area contributed by atoms with E-state index in [1.165, 1.54) is 12.3 Å². The lowest BCUT2D eigenvalue weighted by atomic mass is 9.94. The van der Waals surface area contributed by atoms with E-state index < -0.39 is 5.95 Å². The Morgan fingerprint density at radius 3 is 3.06 bits per heavy atom. The molecule has 0 bridgehead atoms. The lowest BCUT2D eigenvalue weighted by molar-refractivity contribution is 0.0879. The van der Waals surface area contributed by atoms with Crippen LogP contribution in [0.25, 0.3) is 0 Å². The summed E-state index contributed by atoms with van der Waals surface area (Å²) >= 11 is 0. The molecule has 4 nitrogen and oxygen atoms in total. The molecule has 1 amide bonds. The second-order valence-corrected chi connectivity index (χ2v) is 4.95. The molecule has 0 aromatic carbocycles. The van der Waals surface area contributed by atoms with Gasteiger partial charge in [-0.05, 0) is 38.1 Å². The van der Waals surface area contributed by atoms with Crippen molar-refractivity contribution in [3.05, 3.63) is 29.8 Å². The van der Waals surface area contributed by atoms with E-state index in [4.69, 9.17) is 0 Å². The third-order valence-electron chi connectivity index (χ3n) is 3.43. The number of carbonyl (C=O) groups excluding carboxylic acids is 1. The lowest BCUT2D eigenvalue weighted by Crippen LogP contribution is -2.49. The number of halogens is 1. The van der Waals surface area contributed by atoms with Crippen LogP contribution in [0.3, 0.4) is 0 Å². The van der Waals surface area contributed by atoms with Crippen molar-refractivity contribution in [2.45, 2.75) is 19.4 Å². The summed E-state index contributed by atoms with van der Waals surface area (Å²) in [5, 5.41) is 2.90. The number of hydrogen-bond acceptors (Lipinski definition) is 3. The van der Waals surface area contributed by atoms with Gasteiger partial charge in [-0.2, -0.15) is 4.39 Å². The van der Waals surface area contributed by atoms with E-state index in [-0.39, 0.29) is 17.5 Å². The Morgan fingerprint density at radius 2 is 2.39 bits per heavy atom. The first-order valence-corrected chi connectivity index (χ1v) is 6.18. The van der Waals surface area contributed by atoms with Crippen LogP contribution in [0.5, 0.6) is 0 Å². The average Bonchev–Trinajstić information content (AvgIpc) is 2.33. The summed E-state index contributed by atoms with van der Waals surface area (Å²) in [6.07, 6.45) is 2.23. The fourth-order valence-electron chi connectivity index (χ4n) is 2.37. The number of amides is 1. The highest BCUT2D eigenvalue weighted by Gasteiger charge is 2.26. The Kier molecular flexibility index (Phi) is 3.91. The minimum absolute atomic E-state index is 0.0172. The van der Waals surface area contributed by atoms with Gasteiger partial charge >= 0.3 is 0 Å². The molecule has 2 rings (SSSR count). The van der Waals surface area contributed by atoms with Crippen LogP contribution in [0, 0.1) is 11.9 Å². The molecule has 1 aliphatic heterocycles. The number of nitrogens with one attached hydrogen (secondary N) is 1. The van der Waals surface area contributed by atoms with E-state index in [1.54, 1.807) is 6.07 Å². The maximum atomic E-state index is 13.4. The summed E-state index contributed by atoms with van der Waals surface area (Å²) in [5.74, 6) is -0.718. The van der Waals surface area contributed by atoms with Gasteiger partial charge in [0.1, 0.15) is 0 Å². The first-order chi connectivity index (χ1) is 8.58. The van der Waals surface area contributed by atoms with Crippen LogP contribution in [0.2, 0.25) is 0 Å². The smallest absolute Gasteiger partial charge is 0.256 e. The molecule has 0 radical (unpaired) electrons. The molecule has 1 aliphatic rings. The van der Waals surface area contributed by atoms with Crippen molar-refractivity contribution < 1.29 is 9.18 Å². The first-order valence-electron chi connectivity index (χ1n) is 6.18. The van der Waals surface area contributed by atoms with Gasteiger partial charge in [-0.1, -0.05) is 6.92 Å². The molecule has 0 spiro atoms. The summed E-state index contributed by atoms with van der Waals surface area (Å²) in [5.41, 5.74) is 0.0172. The van der Waals surface area contributed by atoms with Gasteiger partial charge in [-0.3, -0.25) is 4.79 Å². The molecule has 2 unspecified atom stereocenters. The number of rotatable bonds is 2. The Labute approximate surface area is 106 Å². The molecular weight excluding hydrogens is 233 g/mol. The van der Waals surface area contributed by atoms with E-state index >= 15 is 0 Å². The Morgan fingerprint density at radius 1 is 1.61 bits per heavy atom. The first kappa shape index (κ1) is 13.0. The number of nitrogens with zero attached hydrogens (tertiary/aromatic N) is 2. The quantitative estimate of drug-likeness (QED) is 0.806. The predicted octanol–water partition coefficient (Wildman–Crippen LogP) is 1.29. The average molecular weight is 251 g/mol. The van der Waals surface area contributed by atoms with Crippen LogP contribution in [-0.2, 0) is 0 Å². The summed E-state index contributed by atoms with van der Waals surface area (Å²) in [6, 6.07) is 3.13. The number of aromatic nitrogens is 1. The van der Waals surface area contributed by atoms with Crippen LogP contribution in [0.15, 0.2) is 18.3 Å². The second-order valence-electron chi connectivity index (χ2n) is 4.95. The SMILES string of the molecule is CC1CN(C)CCC1NC(=O)c1cccnc1F. The number of carbonyl (C=O) groups is 1. The highest BCUT2D eigenvalue weighted by atomic mass is 19.1. The molecule has 0 saturated carbocycles. The third-order valence-corrected chi connectivity index (χ3v) is 3.43. The fraction of sp³-hybridized carbons (Fsp3) is 0.538. The molecule has 2 atom stereocenters. The van der Waals surface area contributed by atoms with Gasteiger partial charge in [0.25, 0.3) is 5.91 Å². The van der Waals surface area contributed by atoms with Crippen LogP contribution in [0.4, 0.5) is 4.39 Å². The highest BCUT2D eigenvalue weighted by Crippen LogP contribution is 2.16. The lowest BCUT2D eigenvalue weighted by Gasteiger charge is -2.35. The minimum Gasteiger partial charge on any atom is -0.349 e. The molecule has 1 N–H and O–H groups in total. The van der Waals surface area contributed by atoms with E-state index in [0.29, 0.717) is 5.92 Å². The molecule has 1 saturated heterocycles. The highest BCUT2D eigenvalue weighted by molar-refractivity contribution is 5.94. The Hall–Kier alpha value is -1.49. The molecule has 2 heterocycles. The summed E-state index contributed by atoms with van der Waals surface area (Å²) in [7, 11) is 2.06. The van der Waals surface area contributed by atoms with E-state index in [1.807, 2.05) is 0 Å². The molecule has 1 aromatic heterocycles. The zero-order valence-corrected chi connectivity index (χ0v) is 10.7. The number of hydrogen-bond donors (Lipinski definition) is 1. The summed E-state index contributed by atoms with van der Waals surface area (Å²) in [6.45, 7) is 3.99. The van der Waals surface area contributed by atoms with Crippen LogP contribution in [-0.4, -0.2) is 42.0 Å². The van der Waals surface area contributed by atoms with Crippen molar-refractivity contribution in [3.8, 4) is 0 Å². The number of likely N-dealkylation sites (tertiary alicyclic amines) is 1. The van der Waals surface area contributed by atoms with Gasteiger partial charge in [0.05, 0.1) is 5.56 Å². The van der Waals surface area contributed by atoms with Crippen LogP contribution >= 0.6 is 0 Å². The van der Waals surface area contributed by atoms with Gasteiger partial charge in [-0.15, -0.1) is 0 Å². The second kappa shape index (κ2) is 5.44. The molecule has 0 aliphatic carbocycles. The molecular formula is C13H18FN3O. The molecule has 1 fully saturated rings. The van der Waals surface area contributed by atoms with Gasteiger partial charge in [0.15, 0.2) is 0 Å². The largest absolute Gasteiger partial charge is 0.349 e. The van der Waals surface area contributed by atoms with Crippen molar-refractivity contribution >= 4 is 5.91 Å². The van der Waals surface area contributed by atoms with Crippen molar-refractivity contribution in [1.29, 1.82) is 0 Å². The van der Waals surface area contributed by atoms with E-state index in [2.05, 4.69) is 29.2 Å². The maximum absolute atomic E-state index is 13.4.